The lowest BCUT2D eigenvalue weighted by molar-refractivity contribution is -0.301. The van der Waals surface area contributed by atoms with Crippen LogP contribution in [0.2, 0.25) is 0 Å². The standard InChI is InChI=1S/C19H19BrO4/c1-19(2,3)24-23-18(22)16-10-8-15(9-11-16)17(21)14-6-4-13(12-20)5-7-14/h4-11H,12H2,1-3H3. The van der Waals surface area contributed by atoms with Gasteiger partial charge in [-0.25, -0.2) is 4.79 Å². The van der Waals surface area contributed by atoms with Gasteiger partial charge in [0.2, 0.25) is 0 Å². The van der Waals surface area contributed by atoms with E-state index in [1.165, 1.54) is 0 Å². The molecule has 0 N–H and O–H groups in total. The van der Waals surface area contributed by atoms with Gasteiger partial charge in [-0.3, -0.25) is 9.68 Å². The fourth-order valence-electron chi connectivity index (χ4n) is 1.88. The summed E-state index contributed by atoms with van der Waals surface area (Å²) in [4.78, 5) is 34.1. The van der Waals surface area contributed by atoms with Gasteiger partial charge in [-0.15, -0.1) is 0 Å². The molecule has 0 saturated carbocycles. The zero-order chi connectivity index (χ0) is 17.7. The minimum absolute atomic E-state index is 0.0954. The van der Waals surface area contributed by atoms with Crippen LogP contribution in [-0.2, 0) is 15.1 Å². The molecule has 0 radical (unpaired) electrons. The average Bonchev–Trinajstić information content (AvgIpc) is 2.58. The fraction of sp³-hybridized carbons (Fsp3) is 0.263. The molecule has 0 aliphatic carbocycles. The number of alkyl halides is 1. The highest BCUT2D eigenvalue weighted by Gasteiger charge is 2.17. The largest absolute Gasteiger partial charge is 0.373 e. The monoisotopic (exact) mass is 390 g/mol. The van der Waals surface area contributed by atoms with Crippen molar-refractivity contribution < 1.29 is 19.4 Å². The molecule has 2 rings (SSSR count). The average molecular weight is 391 g/mol. The second-order valence-corrected chi connectivity index (χ2v) is 6.86. The Bertz CT molecular complexity index is 713. The van der Waals surface area contributed by atoms with Crippen molar-refractivity contribution in [2.75, 3.05) is 0 Å². The molecule has 2 aromatic rings. The van der Waals surface area contributed by atoms with Crippen molar-refractivity contribution in [3.63, 3.8) is 0 Å². The number of hydrogen-bond acceptors (Lipinski definition) is 4. The molecule has 5 heteroatoms. The first-order valence-electron chi connectivity index (χ1n) is 7.50. The lowest BCUT2D eigenvalue weighted by Crippen LogP contribution is -2.21. The molecular formula is C19H19BrO4. The molecular weight excluding hydrogens is 372 g/mol. The third-order valence-electron chi connectivity index (χ3n) is 3.12. The summed E-state index contributed by atoms with van der Waals surface area (Å²) in [5, 5.41) is 0.745. The van der Waals surface area contributed by atoms with Crippen LogP contribution in [0.15, 0.2) is 48.5 Å². The molecule has 0 heterocycles. The summed E-state index contributed by atoms with van der Waals surface area (Å²) in [5.74, 6) is -0.687. The minimum Gasteiger partial charge on any atom is -0.292 e. The van der Waals surface area contributed by atoms with Gasteiger partial charge in [0.25, 0.3) is 0 Å². The first kappa shape index (κ1) is 18.4. The van der Waals surface area contributed by atoms with Crippen LogP contribution in [0.1, 0.15) is 52.6 Å². The van der Waals surface area contributed by atoms with Crippen LogP contribution in [0.5, 0.6) is 0 Å². The maximum atomic E-state index is 12.4. The van der Waals surface area contributed by atoms with Gasteiger partial charge in [0.1, 0.15) is 5.60 Å². The predicted molar refractivity (Wildman–Crippen MR) is 95.2 cm³/mol. The molecule has 24 heavy (non-hydrogen) atoms. The third kappa shape index (κ3) is 5.01. The molecule has 4 nitrogen and oxygen atoms in total. The fourth-order valence-corrected chi connectivity index (χ4v) is 2.25. The van der Waals surface area contributed by atoms with E-state index < -0.39 is 11.6 Å². The number of hydrogen-bond donors (Lipinski definition) is 0. The third-order valence-corrected chi connectivity index (χ3v) is 3.77. The predicted octanol–water partition coefficient (Wildman–Crippen LogP) is 4.70. The van der Waals surface area contributed by atoms with E-state index in [0.29, 0.717) is 16.7 Å². The summed E-state index contributed by atoms with van der Waals surface area (Å²) in [6.45, 7) is 5.34. The van der Waals surface area contributed by atoms with Crippen LogP contribution in [0, 0.1) is 0 Å². The summed E-state index contributed by atoms with van der Waals surface area (Å²) < 4.78 is 0. The molecule has 0 fully saturated rings. The smallest absolute Gasteiger partial charge is 0.292 e. The number of carbonyl (C=O) groups excluding carboxylic acids is 2. The van der Waals surface area contributed by atoms with E-state index in [2.05, 4.69) is 15.9 Å². The first-order chi connectivity index (χ1) is 11.3. The summed E-state index contributed by atoms with van der Waals surface area (Å²) in [7, 11) is 0. The van der Waals surface area contributed by atoms with Gasteiger partial charge in [0.05, 0.1) is 5.56 Å². The van der Waals surface area contributed by atoms with Gasteiger partial charge in [-0.05, 0) is 38.5 Å². The number of carbonyl (C=O) groups is 2. The number of ketones is 1. The van der Waals surface area contributed by atoms with E-state index in [-0.39, 0.29) is 5.78 Å². The first-order valence-corrected chi connectivity index (χ1v) is 8.62. The van der Waals surface area contributed by atoms with Crippen molar-refractivity contribution in [1.82, 2.24) is 0 Å². The Morgan fingerprint density at radius 1 is 0.875 bits per heavy atom. The maximum absolute atomic E-state index is 12.4. The van der Waals surface area contributed by atoms with Crippen molar-refractivity contribution in [2.45, 2.75) is 31.7 Å². The second kappa shape index (κ2) is 7.73. The number of halogens is 1. The Morgan fingerprint density at radius 2 is 1.33 bits per heavy atom. The van der Waals surface area contributed by atoms with Crippen LogP contribution in [0.3, 0.4) is 0 Å². The van der Waals surface area contributed by atoms with Gasteiger partial charge in [0, 0.05) is 16.5 Å². The lowest BCUT2D eigenvalue weighted by Gasteiger charge is -2.16. The van der Waals surface area contributed by atoms with Gasteiger partial charge in [-0.1, -0.05) is 52.3 Å². The molecule has 0 saturated heterocycles. The highest BCUT2D eigenvalue weighted by Crippen LogP contribution is 2.15. The second-order valence-electron chi connectivity index (χ2n) is 6.30. The van der Waals surface area contributed by atoms with Crippen LogP contribution in [-0.4, -0.2) is 17.4 Å². The van der Waals surface area contributed by atoms with Crippen LogP contribution in [0.4, 0.5) is 0 Å². The molecule has 2 aromatic carbocycles. The summed E-state index contributed by atoms with van der Waals surface area (Å²) in [5.41, 5.74) is 1.96. The van der Waals surface area contributed by atoms with E-state index in [1.54, 1.807) is 57.2 Å². The van der Waals surface area contributed by atoms with Crippen LogP contribution >= 0.6 is 15.9 Å². The minimum atomic E-state index is -0.592. The maximum Gasteiger partial charge on any atom is 0.373 e. The topological polar surface area (TPSA) is 52.6 Å². The molecule has 0 amide bonds. The van der Waals surface area contributed by atoms with Gasteiger partial charge in [-0.2, -0.15) is 4.89 Å². The zero-order valence-corrected chi connectivity index (χ0v) is 15.4. The summed E-state index contributed by atoms with van der Waals surface area (Å²) in [6, 6.07) is 13.7. The Kier molecular flexibility index (Phi) is 5.91. The van der Waals surface area contributed by atoms with E-state index in [0.717, 1.165) is 10.9 Å². The quantitative estimate of drug-likeness (QED) is 0.321. The van der Waals surface area contributed by atoms with Gasteiger partial charge in [0.15, 0.2) is 5.78 Å². The summed E-state index contributed by atoms with van der Waals surface area (Å²) >= 11 is 3.37. The Balaban J connectivity index is 2.07. The van der Waals surface area contributed by atoms with E-state index >= 15 is 0 Å². The Morgan fingerprint density at radius 3 is 1.79 bits per heavy atom. The van der Waals surface area contributed by atoms with E-state index in [9.17, 15) is 9.59 Å². The molecule has 0 aliphatic rings. The molecule has 0 bridgehead atoms. The normalized spacial score (nSPS) is 11.2. The highest BCUT2D eigenvalue weighted by atomic mass is 79.9. The number of rotatable bonds is 5. The molecule has 126 valence electrons. The SMILES string of the molecule is CC(C)(C)OOC(=O)c1ccc(C(=O)c2ccc(CBr)cc2)cc1. The highest BCUT2D eigenvalue weighted by molar-refractivity contribution is 9.08. The van der Waals surface area contributed by atoms with Crippen LogP contribution < -0.4 is 0 Å². The van der Waals surface area contributed by atoms with Crippen molar-refractivity contribution in [2.24, 2.45) is 0 Å². The molecule has 0 spiro atoms. The van der Waals surface area contributed by atoms with Crippen molar-refractivity contribution in [3.05, 3.63) is 70.8 Å². The lowest BCUT2D eigenvalue weighted by atomic mass is 10.0. The number of benzene rings is 2. The molecule has 0 unspecified atom stereocenters. The molecule has 0 aliphatic heterocycles. The van der Waals surface area contributed by atoms with Gasteiger partial charge >= 0.3 is 5.97 Å². The van der Waals surface area contributed by atoms with Crippen molar-refractivity contribution in [3.8, 4) is 0 Å². The van der Waals surface area contributed by atoms with Crippen LogP contribution in [0.25, 0.3) is 0 Å². The Labute approximate surface area is 149 Å². The molecule has 0 aromatic heterocycles. The summed E-state index contributed by atoms with van der Waals surface area (Å²) in [6.07, 6.45) is 0. The molecule has 0 atom stereocenters. The van der Waals surface area contributed by atoms with E-state index in [1.807, 2.05) is 12.1 Å². The zero-order valence-electron chi connectivity index (χ0n) is 13.8. The Hall–Kier alpha value is -1.98. The van der Waals surface area contributed by atoms with Crippen molar-refractivity contribution in [1.29, 1.82) is 0 Å². The van der Waals surface area contributed by atoms with Crippen molar-refractivity contribution >= 4 is 27.7 Å². The van der Waals surface area contributed by atoms with Gasteiger partial charge < -0.3 is 0 Å². The van der Waals surface area contributed by atoms with E-state index in [4.69, 9.17) is 9.78 Å².